The van der Waals surface area contributed by atoms with Gasteiger partial charge >= 0.3 is 0 Å². The third-order valence-electron chi connectivity index (χ3n) is 3.46. The van der Waals surface area contributed by atoms with Crippen molar-refractivity contribution in [1.29, 1.82) is 0 Å². The van der Waals surface area contributed by atoms with Crippen LogP contribution in [0, 0.1) is 0 Å². The number of hydrogen-bond acceptors (Lipinski definition) is 4. The molecule has 0 fully saturated rings. The molecule has 1 heterocycles. The van der Waals surface area contributed by atoms with Gasteiger partial charge in [-0.15, -0.1) is 5.10 Å². The molecule has 110 valence electrons. The summed E-state index contributed by atoms with van der Waals surface area (Å²) in [5.41, 5.74) is 0. The minimum atomic E-state index is 0.218. The van der Waals surface area contributed by atoms with Gasteiger partial charge in [0, 0.05) is 0 Å². The van der Waals surface area contributed by atoms with Gasteiger partial charge in [0.1, 0.15) is 0 Å². The molecule has 2 unspecified atom stereocenters. The van der Waals surface area contributed by atoms with Crippen LogP contribution in [0.4, 0.5) is 0 Å². The summed E-state index contributed by atoms with van der Waals surface area (Å²) in [6.07, 6.45) is 7.08. The van der Waals surface area contributed by atoms with Crippen molar-refractivity contribution in [3.05, 3.63) is 5.82 Å². The smallest absolute Gasteiger partial charge is 0.168 e. The third kappa shape index (κ3) is 4.90. The quantitative estimate of drug-likeness (QED) is 0.707. The third-order valence-corrected chi connectivity index (χ3v) is 3.46. The van der Waals surface area contributed by atoms with E-state index in [1.165, 1.54) is 25.7 Å². The van der Waals surface area contributed by atoms with Crippen LogP contribution in [0.5, 0.6) is 0 Å². The average molecular weight is 267 g/mol. The van der Waals surface area contributed by atoms with Gasteiger partial charge in [-0.2, -0.15) is 0 Å². The summed E-state index contributed by atoms with van der Waals surface area (Å²) in [6.45, 7) is 9.77. The van der Waals surface area contributed by atoms with E-state index >= 15 is 0 Å². The number of unbranched alkanes of at least 4 members (excludes halogenated alkanes) is 1. The molecule has 0 amide bonds. The first kappa shape index (κ1) is 16.1. The minimum absolute atomic E-state index is 0.218. The van der Waals surface area contributed by atoms with E-state index in [-0.39, 0.29) is 6.04 Å². The Balaban J connectivity index is 2.76. The maximum Gasteiger partial charge on any atom is 0.168 e. The van der Waals surface area contributed by atoms with Crippen LogP contribution in [-0.4, -0.2) is 26.8 Å². The zero-order chi connectivity index (χ0) is 14.1. The maximum atomic E-state index is 4.23. The number of aromatic nitrogens is 4. The Labute approximate surface area is 117 Å². The predicted molar refractivity (Wildman–Crippen MR) is 78.0 cm³/mol. The number of nitrogens with zero attached hydrogens (tertiary/aromatic N) is 4. The van der Waals surface area contributed by atoms with Gasteiger partial charge in [0.25, 0.3) is 0 Å². The van der Waals surface area contributed by atoms with Crippen LogP contribution in [0.3, 0.4) is 0 Å². The highest BCUT2D eigenvalue weighted by Crippen LogP contribution is 2.23. The molecule has 0 aliphatic rings. The zero-order valence-corrected chi connectivity index (χ0v) is 12.9. The predicted octanol–water partition coefficient (Wildman–Crippen LogP) is 3.27. The second-order valence-electron chi connectivity index (χ2n) is 5.24. The van der Waals surface area contributed by atoms with Crippen LogP contribution in [-0.2, 0) is 0 Å². The van der Waals surface area contributed by atoms with Crippen LogP contribution >= 0.6 is 0 Å². The highest BCUT2D eigenvalue weighted by atomic mass is 15.6. The molecule has 0 aromatic carbocycles. The van der Waals surface area contributed by atoms with Crippen LogP contribution in [0.1, 0.15) is 84.1 Å². The number of hydrogen-bond donors (Lipinski definition) is 1. The van der Waals surface area contributed by atoms with Crippen molar-refractivity contribution in [2.24, 2.45) is 0 Å². The van der Waals surface area contributed by atoms with Gasteiger partial charge in [-0.3, -0.25) is 0 Å². The van der Waals surface area contributed by atoms with Crippen molar-refractivity contribution >= 4 is 0 Å². The molecule has 0 bridgehead atoms. The summed E-state index contributed by atoms with van der Waals surface area (Å²) in [4.78, 5) is 0. The molecule has 2 atom stereocenters. The van der Waals surface area contributed by atoms with Crippen LogP contribution < -0.4 is 5.32 Å². The van der Waals surface area contributed by atoms with Crippen LogP contribution in [0.2, 0.25) is 0 Å². The Morgan fingerprint density at radius 2 is 1.89 bits per heavy atom. The van der Waals surface area contributed by atoms with E-state index in [2.05, 4.69) is 48.5 Å². The molecule has 0 aliphatic carbocycles. The SMILES string of the molecule is CCCCC(CCC)n1nnnc1C(C)NCCC. The second kappa shape index (κ2) is 9.02. The van der Waals surface area contributed by atoms with Gasteiger partial charge in [-0.05, 0) is 43.2 Å². The second-order valence-corrected chi connectivity index (χ2v) is 5.24. The van der Waals surface area contributed by atoms with Crippen molar-refractivity contribution in [2.75, 3.05) is 6.54 Å². The van der Waals surface area contributed by atoms with Gasteiger partial charge in [0.2, 0.25) is 0 Å². The molecule has 1 rings (SSSR count). The molecule has 1 aromatic heterocycles. The fraction of sp³-hybridized carbons (Fsp3) is 0.929. The standard InChI is InChI=1S/C14H29N5/c1-5-8-10-13(9-6-2)19-14(16-17-18-19)12(4)15-11-7-3/h12-13,15H,5-11H2,1-4H3. The van der Waals surface area contributed by atoms with E-state index in [9.17, 15) is 0 Å². The van der Waals surface area contributed by atoms with Crippen LogP contribution in [0.25, 0.3) is 0 Å². The first-order valence-electron chi connectivity index (χ1n) is 7.75. The lowest BCUT2D eigenvalue weighted by molar-refractivity contribution is 0.353. The summed E-state index contributed by atoms with van der Waals surface area (Å²) in [5.74, 6) is 0.975. The summed E-state index contributed by atoms with van der Waals surface area (Å²) in [5, 5.41) is 15.8. The Bertz CT molecular complexity index is 336. The fourth-order valence-electron chi connectivity index (χ4n) is 2.36. The van der Waals surface area contributed by atoms with E-state index in [0.29, 0.717) is 6.04 Å². The highest BCUT2D eigenvalue weighted by Gasteiger charge is 2.19. The minimum Gasteiger partial charge on any atom is -0.307 e. The lowest BCUT2D eigenvalue weighted by Gasteiger charge is -2.20. The molecule has 0 saturated heterocycles. The summed E-state index contributed by atoms with van der Waals surface area (Å²) >= 11 is 0. The fourth-order valence-corrected chi connectivity index (χ4v) is 2.36. The molecule has 0 saturated carbocycles. The number of nitrogens with one attached hydrogen (secondary N) is 1. The lowest BCUT2D eigenvalue weighted by atomic mass is 10.1. The van der Waals surface area contributed by atoms with Crippen molar-refractivity contribution in [2.45, 2.75) is 78.3 Å². The number of tetrazole rings is 1. The van der Waals surface area contributed by atoms with E-state index in [4.69, 9.17) is 0 Å². The Morgan fingerprint density at radius 3 is 2.53 bits per heavy atom. The van der Waals surface area contributed by atoms with Gasteiger partial charge in [-0.1, -0.05) is 40.0 Å². The van der Waals surface area contributed by atoms with Gasteiger partial charge in [0.05, 0.1) is 12.1 Å². The normalized spacial score (nSPS) is 14.5. The van der Waals surface area contributed by atoms with E-state index in [1.807, 2.05) is 4.68 Å². The van der Waals surface area contributed by atoms with Gasteiger partial charge in [0.15, 0.2) is 5.82 Å². The van der Waals surface area contributed by atoms with Gasteiger partial charge in [-0.25, -0.2) is 4.68 Å². The van der Waals surface area contributed by atoms with Crippen molar-refractivity contribution in [3.8, 4) is 0 Å². The summed E-state index contributed by atoms with van der Waals surface area (Å²) in [7, 11) is 0. The molecule has 19 heavy (non-hydrogen) atoms. The van der Waals surface area contributed by atoms with E-state index in [0.717, 1.165) is 25.2 Å². The summed E-state index contributed by atoms with van der Waals surface area (Å²) < 4.78 is 2.05. The van der Waals surface area contributed by atoms with Crippen molar-refractivity contribution in [1.82, 2.24) is 25.5 Å². The van der Waals surface area contributed by atoms with E-state index < -0.39 is 0 Å². The first-order chi connectivity index (χ1) is 9.24. The molecule has 5 nitrogen and oxygen atoms in total. The van der Waals surface area contributed by atoms with Crippen molar-refractivity contribution < 1.29 is 0 Å². The van der Waals surface area contributed by atoms with Crippen LogP contribution in [0.15, 0.2) is 0 Å². The lowest BCUT2D eigenvalue weighted by Crippen LogP contribution is -2.25. The molecule has 5 heteroatoms. The highest BCUT2D eigenvalue weighted by molar-refractivity contribution is 4.92. The Kier molecular flexibility index (Phi) is 7.63. The molecule has 0 spiro atoms. The molecule has 0 radical (unpaired) electrons. The average Bonchev–Trinajstić information content (AvgIpc) is 2.90. The Hall–Kier alpha value is -0.970. The largest absolute Gasteiger partial charge is 0.307 e. The molecule has 1 aromatic rings. The topological polar surface area (TPSA) is 55.6 Å². The van der Waals surface area contributed by atoms with Crippen molar-refractivity contribution in [3.63, 3.8) is 0 Å². The summed E-state index contributed by atoms with van der Waals surface area (Å²) in [6, 6.07) is 0.664. The van der Waals surface area contributed by atoms with Gasteiger partial charge < -0.3 is 5.32 Å². The molecular formula is C14H29N5. The Morgan fingerprint density at radius 1 is 1.11 bits per heavy atom. The van der Waals surface area contributed by atoms with E-state index in [1.54, 1.807) is 0 Å². The number of rotatable bonds is 10. The molecule has 1 N–H and O–H groups in total. The first-order valence-corrected chi connectivity index (χ1v) is 7.75. The molecular weight excluding hydrogens is 238 g/mol. The molecule has 0 aliphatic heterocycles. The zero-order valence-electron chi connectivity index (χ0n) is 12.9. The monoisotopic (exact) mass is 267 g/mol. The maximum absolute atomic E-state index is 4.23.